The molecule has 0 saturated heterocycles. The normalized spacial score (nSPS) is 31.3. The van der Waals surface area contributed by atoms with Gasteiger partial charge in [0.2, 0.25) is 0 Å². The van der Waals surface area contributed by atoms with Gasteiger partial charge in [-0.25, -0.2) is 0 Å². The summed E-state index contributed by atoms with van der Waals surface area (Å²) >= 11 is 2.44. The van der Waals surface area contributed by atoms with Crippen LogP contribution in [0.5, 0.6) is 0 Å². The van der Waals surface area contributed by atoms with Crippen LogP contribution < -0.4 is 5.73 Å². The number of rotatable bonds is 7. The zero-order chi connectivity index (χ0) is 11.5. The zero-order valence-corrected chi connectivity index (χ0v) is 11.4. The van der Waals surface area contributed by atoms with Gasteiger partial charge in [0.15, 0.2) is 0 Å². The standard InChI is InChI=1S/C11H20INO2/c1-2-3-4-8(12)5-11(7-13)6-9(11)10(14)15/h8-9H,2-7,13H2,1H3,(H,14,15). The van der Waals surface area contributed by atoms with Crippen molar-refractivity contribution in [3.8, 4) is 0 Å². The zero-order valence-electron chi connectivity index (χ0n) is 9.21. The fourth-order valence-corrected chi connectivity index (χ4v) is 3.52. The lowest BCUT2D eigenvalue weighted by Gasteiger charge is -2.18. The first-order valence-electron chi connectivity index (χ1n) is 5.62. The molecule has 0 aliphatic heterocycles. The minimum Gasteiger partial charge on any atom is -0.481 e. The van der Waals surface area contributed by atoms with Gasteiger partial charge < -0.3 is 10.8 Å². The van der Waals surface area contributed by atoms with Crippen LogP contribution in [0.3, 0.4) is 0 Å². The second kappa shape index (κ2) is 5.48. The van der Waals surface area contributed by atoms with Gasteiger partial charge >= 0.3 is 5.97 Å². The smallest absolute Gasteiger partial charge is 0.307 e. The molecule has 3 nitrogen and oxygen atoms in total. The molecule has 0 amide bonds. The summed E-state index contributed by atoms with van der Waals surface area (Å²) in [5, 5.41) is 8.95. The molecule has 88 valence electrons. The number of halogens is 1. The van der Waals surface area contributed by atoms with Crippen molar-refractivity contribution in [2.75, 3.05) is 6.54 Å². The highest BCUT2D eigenvalue weighted by Crippen LogP contribution is 2.56. The first-order valence-corrected chi connectivity index (χ1v) is 6.87. The number of alkyl halides is 1. The van der Waals surface area contributed by atoms with Crippen LogP contribution >= 0.6 is 22.6 Å². The van der Waals surface area contributed by atoms with Crippen molar-refractivity contribution < 1.29 is 9.90 Å². The first-order chi connectivity index (χ1) is 7.05. The number of hydrogen-bond donors (Lipinski definition) is 2. The molecule has 3 N–H and O–H groups in total. The van der Waals surface area contributed by atoms with E-state index in [1.54, 1.807) is 0 Å². The fourth-order valence-electron chi connectivity index (χ4n) is 2.20. The lowest BCUT2D eigenvalue weighted by molar-refractivity contribution is -0.139. The van der Waals surface area contributed by atoms with Gasteiger partial charge in [0, 0.05) is 3.92 Å². The van der Waals surface area contributed by atoms with Gasteiger partial charge in [0.1, 0.15) is 0 Å². The third-order valence-electron chi connectivity index (χ3n) is 3.39. The molecule has 0 spiro atoms. The first kappa shape index (κ1) is 13.2. The van der Waals surface area contributed by atoms with Gasteiger partial charge in [-0.2, -0.15) is 0 Å². The molecular formula is C11H20INO2. The van der Waals surface area contributed by atoms with Crippen molar-refractivity contribution in [3.05, 3.63) is 0 Å². The van der Waals surface area contributed by atoms with Crippen molar-refractivity contribution in [2.45, 2.75) is 43.0 Å². The number of carboxylic acid groups (broad SMARTS) is 1. The molecule has 1 fully saturated rings. The van der Waals surface area contributed by atoms with Gasteiger partial charge in [0.05, 0.1) is 5.92 Å². The van der Waals surface area contributed by atoms with Gasteiger partial charge in [-0.3, -0.25) is 4.79 Å². The van der Waals surface area contributed by atoms with Gasteiger partial charge in [-0.1, -0.05) is 42.4 Å². The average molecular weight is 325 g/mol. The largest absolute Gasteiger partial charge is 0.481 e. The Labute approximate surface area is 105 Å². The maximum Gasteiger partial charge on any atom is 0.307 e. The predicted molar refractivity (Wildman–Crippen MR) is 69.2 cm³/mol. The van der Waals surface area contributed by atoms with Crippen LogP contribution in [-0.4, -0.2) is 21.5 Å². The average Bonchev–Trinajstić information content (AvgIpc) is 2.90. The van der Waals surface area contributed by atoms with Crippen molar-refractivity contribution in [1.82, 2.24) is 0 Å². The van der Waals surface area contributed by atoms with Crippen LogP contribution in [0.4, 0.5) is 0 Å². The van der Waals surface area contributed by atoms with E-state index in [1.807, 2.05) is 0 Å². The van der Waals surface area contributed by atoms with E-state index in [4.69, 9.17) is 10.8 Å². The maximum absolute atomic E-state index is 10.9. The topological polar surface area (TPSA) is 63.3 Å². The number of hydrogen-bond acceptors (Lipinski definition) is 2. The summed E-state index contributed by atoms with van der Waals surface area (Å²) in [6.45, 7) is 2.70. The highest BCUT2D eigenvalue weighted by atomic mass is 127. The summed E-state index contributed by atoms with van der Waals surface area (Å²) in [5.74, 6) is -0.846. The molecule has 1 rings (SSSR count). The molecule has 4 heteroatoms. The quantitative estimate of drug-likeness (QED) is 0.558. The molecule has 0 heterocycles. The second-order valence-corrected chi connectivity index (χ2v) is 6.37. The van der Waals surface area contributed by atoms with Crippen molar-refractivity contribution in [3.63, 3.8) is 0 Å². The SMILES string of the molecule is CCCCC(I)CC1(CN)CC1C(=O)O. The summed E-state index contributed by atoms with van der Waals surface area (Å²) in [4.78, 5) is 10.9. The van der Waals surface area contributed by atoms with Gasteiger partial charge in [0.25, 0.3) is 0 Å². The summed E-state index contributed by atoms with van der Waals surface area (Å²) in [6.07, 6.45) is 5.38. The fraction of sp³-hybridized carbons (Fsp3) is 0.909. The van der Waals surface area contributed by atoms with Crippen LogP contribution in [-0.2, 0) is 4.79 Å². The van der Waals surface area contributed by atoms with E-state index in [1.165, 1.54) is 19.3 Å². The molecule has 0 aromatic heterocycles. The predicted octanol–water partition coefficient (Wildman–Crippen LogP) is 2.42. The van der Waals surface area contributed by atoms with Crippen LogP contribution in [0, 0.1) is 11.3 Å². The number of carboxylic acids is 1. The lowest BCUT2D eigenvalue weighted by Crippen LogP contribution is -2.24. The van der Waals surface area contributed by atoms with E-state index in [9.17, 15) is 4.79 Å². The number of carbonyl (C=O) groups is 1. The van der Waals surface area contributed by atoms with Crippen molar-refractivity contribution in [2.24, 2.45) is 17.1 Å². The number of nitrogens with two attached hydrogens (primary N) is 1. The monoisotopic (exact) mass is 325 g/mol. The number of unbranched alkanes of at least 4 members (excludes halogenated alkanes) is 1. The lowest BCUT2D eigenvalue weighted by atomic mass is 9.95. The molecule has 0 aromatic carbocycles. The Morgan fingerprint density at radius 2 is 2.40 bits per heavy atom. The van der Waals surface area contributed by atoms with E-state index < -0.39 is 5.97 Å². The van der Waals surface area contributed by atoms with Gasteiger partial charge in [-0.05, 0) is 31.2 Å². The maximum atomic E-state index is 10.9. The highest BCUT2D eigenvalue weighted by molar-refractivity contribution is 14.1. The number of aliphatic carboxylic acids is 1. The molecule has 0 bridgehead atoms. The molecule has 0 radical (unpaired) electrons. The van der Waals surface area contributed by atoms with Crippen LogP contribution in [0.25, 0.3) is 0 Å². The highest BCUT2D eigenvalue weighted by Gasteiger charge is 2.57. The summed E-state index contributed by atoms with van der Waals surface area (Å²) < 4.78 is 0.579. The summed E-state index contributed by atoms with van der Waals surface area (Å²) in [5.41, 5.74) is 5.63. The summed E-state index contributed by atoms with van der Waals surface area (Å²) in [6, 6.07) is 0. The van der Waals surface area contributed by atoms with Crippen molar-refractivity contribution >= 4 is 28.6 Å². The Hall–Kier alpha value is 0.160. The third kappa shape index (κ3) is 3.31. The summed E-state index contributed by atoms with van der Waals surface area (Å²) in [7, 11) is 0. The van der Waals surface area contributed by atoms with E-state index in [2.05, 4.69) is 29.5 Å². The molecule has 1 aliphatic carbocycles. The van der Waals surface area contributed by atoms with E-state index in [0.29, 0.717) is 10.5 Å². The van der Waals surface area contributed by atoms with E-state index >= 15 is 0 Å². The van der Waals surface area contributed by atoms with Crippen LogP contribution in [0.1, 0.15) is 39.0 Å². The Bertz CT molecular complexity index is 235. The molecular weight excluding hydrogens is 305 g/mol. The Morgan fingerprint density at radius 3 is 2.80 bits per heavy atom. The van der Waals surface area contributed by atoms with E-state index in [-0.39, 0.29) is 11.3 Å². The second-order valence-electron chi connectivity index (χ2n) is 4.61. The molecule has 1 aliphatic rings. The molecule has 3 unspecified atom stereocenters. The van der Waals surface area contributed by atoms with Crippen LogP contribution in [0.15, 0.2) is 0 Å². The third-order valence-corrected chi connectivity index (χ3v) is 4.46. The van der Waals surface area contributed by atoms with Crippen LogP contribution in [0.2, 0.25) is 0 Å². The molecule has 1 saturated carbocycles. The Morgan fingerprint density at radius 1 is 1.73 bits per heavy atom. The van der Waals surface area contributed by atoms with Crippen molar-refractivity contribution in [1.29, 1.82) is 0 Å². The minimum absolute atomic E-state index is 0.0779. The Balaban J connectivity index is 2.39. The molecule has 3 atom stereocenters. The molecule has 15 heavy (non-hydrogen) atoms. The Kier molecular flexibility index (Phi) is 4.83. The van der Waals surface area contributed by atoms with E-state index in [0.717, 1.165) is 12.8 Å². The van der Waals surface area contributed by atoms with Gasteiger partial charge in [-0.15, -0.1) is 0 Å². The minimum atomic E-state index is -0.667. The molecule has 0 aromatic rings.